The molecule has 5 nitrogen and oxygen atoms in total. The fourth-order valence-electron chi connectivity index (χ4n) is 2.23. The van der Waals surface area contributed by atoms with Crippen molar-refractivity contribution in [2.75, 3.05) is 26.8 Å². The van der Waals surface area contributed by atoms with Crippen LogP contribution in [0.5, 0.6) is 0 Å². The van der Waals surface area contributed by atoms with Gasteiger partial charge in [0.2, 0.25) is 10.0 Å². The van der Waals surface area contributed by atoms with Crippen molar-refractivity contribution in [2.45, 2.75) is 24.3 Å². The van der Waals surface area contributed by atoms with Gasteiger partial charge in [0.1, 0.15) is 4.90 Å². The number of rotatable bonds is 5. The summed E-state index contributed by atoms with van der Waals surface area (Å²) in [4.78, 5) is 0.857. The molecule has 8 heteroatoms. The summed E-state index contributed by atoms with van der Waals surface area (Å²) in [6, 6.07) is 1.53. The first-order chi connectivity index (χ1) is 9.45. The van der Waals surface area contributed by atoms with E-state index in [4.69, 9.17) is 9.84 Å². The van der Waals surface area contributed by atoms with Crippen LogP contribution in [0.4, 0.5) is 0 Å². The van der Waals surface area contributed by atoms with E-state index in [0.29, 0.717) is 21.8 Å². The molecule has 0 radical (unpaired) electrons. The highest BCUT2D eigenvalue weighted by Crippen LogP contribution is 2.33. The number of hydrogen-bond donors (Lipinski definition) is 1. The van der Waals surface area contributed by atoms with Crippen LogP contribution in [0.1, 0.15) is 17.7 Å². The van der Waals surface area contributed by atoms with Gasteiger partial charge in [0, 0.05) is 25.1 Å². The highest BCUT2D eigenvalue weighted by atomic mass is 79.9. The molecule has 0 aliphatic carbocycles. The molecule has 1 fully saturated rings. The lowest BCUT2D eigenvalue weighted by molar-refractivity contribution is 0.0495. The van der Waals surface area contributed by atoms with E-state index in [1.807, 2.05) is 0 Å². The maximum atomic E-state index is 12.5. The predicted molar refractivity (Wildman–Crippen MR) is 81.3 cm³/mol. The maximum absolute atomic E-state index is 12.5. The Labute approximate surface area is 131 Å². The minimum Gasteiger partial charge on any atom is -0.391 e. The van der Waals surface area contributed by atoms with Gasteiger partial charge < -0.3 is 9.84 Å². The third kappa shape index (κ3) is 3.61. The van der Waals surface area contributed by atoms with E-state index in [1.165, 1.54) is 21.7 Å². The molecule has 2 heterocycles. The van der Waals surface area contributed by atoms with Crippen LogP contribution in [-0.4, -0.2) is 44.6 Å². The molecule has 0 bridgehead atoms. The lowest BCUT2D eigenvalue weighted by atomic mass is 10.0. The Bertz CT molecular complexity index is 552. The van der Waals surface area contributed by atoms with E-state index >= 15 is 0 Å². The monoisotopic (exact) mass is 383 g/mol. The summed E-state index contributed by atoms with van der Waals surface area (Å²) >= 11 is 4.50. The highest BCUT2D eigenvalue weighted by molar-refractivity contribution is 9.11. The normalized spacial score (nSPS) is 20.5. The molecule has 0 amide bonds. The van der Waals surface area contributed by atoms with Gasteiger partial charge in [0.25, 0.3) is 0 Å². The number of hydrogen-bond acceptors (Lipinski definition) is 5. The van der Waals surface area contributed by atoms with E-state index in [9.17, 15) is 8.42 Å². The van der Waals surface area contributed by atoms with Gasteiger partial charge in [-0.1, -0.05) is 0 Å². The fraction of sp³-hybridized carbons (Fsp3) is 0.667. The Morgan fingerprint density at radius 3 is 2.90 bits per heavy atom. The van der Waals surface area contributed by atoms with Crippen molar-refractivity contribution in [1.29, 1.82) is 0 Å². The molecule has 0 spiro atoms. The standard InChI is InChI=1S/C12H18BrNO4S2/c1-14(6-9-3-2-4-18-8-9)20(16,17)11-5-10(7-15)19-12(11)13/h5,9,15H,2-4,6-8H2,1H3. The largest absolute Gasteiger partial charge is 0.391 e. The molecule has 1 N–H and O–H groups in total. The Balaban J connectivity index is 2.13. The molecule has 1 aliphatic heterocycles. The van der Waals surface area contributed by atoms with Crippen LogP contribution in [0, 0.1) is 5.92 Å². The topological polar surface area (TPSA) is 66.8 Å². The van der Waals surface area contributed by atoms with Crippen LogP contribution >= 0.6 is 27.3 Å². The molecule has 1 aliphatic rings. The molecule has 20 heavy (non-hydrogen) atoms. The van der Waals surface area contributed by atoms with E-state index in [1.54, 1.807) is 7.05 Å². The minimum atomic E-state index is -3.53. The first-order valence-corrected chi connectivity index (χ1v) is 9.43. The molecule has 1 aromatic rings. The predicted octanol–water partition coefficient (Wildman–Crippen LogP) is 2.05. The van der Waals surface area contributed by atoms with Crippen molar-refractivity contribution in [1.82, 2.24) is 4.31 Å². The van der Waals surface area contributed by atoms with Crippen molar-refractivity contribution in [3.8, 4) is 0 Å². The number of aliphatic hydroxyl groups is 1. The van der Waals surface area contributed by atoms with Crippen molar-refractivity contribution in [2.24, 2.45) is 5.92 Å². The van der Waals surface area contributed by atoms with Crippen LogP contribution in [0.2, 0.25) is 0 Å². The van der Waals surface area contributed by atoms with Gasteiger partial charge in [0.05, 0.1) is 17.0 Å². The number of thiophene rings is 1. The van der Waals surface area contributed by atoms with Gasteiger partial charge in [-0.05, 0) is 40.8 Å². The third-order valence-electron chi connectivity index (χ3n) is 3.32. The summed E-state index contributed by atoms with van der Waals surface area (Å²) in [5, 5.41) is 9.11. The van der Waals surface area contributed by atoms with E-state index < -0.39 is 10.0 Å². The molecule has 1 atom stereocenters. The number of sulfonamides is 1. The molecule has 1 saturated heterocycles. The van der Waals surface area contributed by atoms with Crippen molar-refractivity contribution in [3.05, 3.63) is 14.7 Å². The molecule has 0 aromatic carbocycles. The summed E-state index contributed by atoms with van der Waals surface area (Å²) in [6.07, 6.45) is 1.97. The molecule has 0 saturated carbocycles. The van der Waals surface area contributed by atoms with E-state index in [2.05, 4.69) is 15.9 Å². The molecule has 1 unspecified atom stereocenters. The third-order valence-corrected chi connectivity index (χ3v) is 7.38. The van der Waals surface area contributed by atoms with Crippen LogP contribution < -0.4 is 0 Å². The SMILES string of the molecule is CN(CC1CCCOC1)S(=O)(=O)c1cc(CO)sc1Br. The second-order valence-corrected chi connectivity index (χ2v) is 9.35. The average Bonchev–Trinajstić information content (AvgIpc) is 2.82. The first-order valence-electron chi connectivity index (χ1n) is 6.38. The molecule has 2 rings (SSSR count). The summed E-state index contributed by atoms with van der Waals surface area (Å²) in [7, 11) is -1.94. The van der Waals surface area contributed by atoms with E-state index in [-0.39, 0.29) is 17.4 Å². The van der Waals surface area contributed by atoms with Gasteiger partial charge in [-0.25, -0.2) is 12.7 Å². The summed E-state index contributed by atoms with van der Waals surface area (Å²) in [6.45, 7) is 1.69. The zero-order chi connectivity index (χ0) is 14.8. The van der Waals surface area contributed by atoms with Crippen molar-refractivity contribution < 1.29 is 18.3 Å². The van der Waals surface area contributed by atoms with Crippen LogP contribution in [-0.2, 0) is 21.4 Å². The molecule has 1 aromatic heterocycles. The molecular formula is C12H18BrNO4S2. The van der Waals surface area contributed by atoms with Gasteiger partial charge >= 0.3 is 0 Å². The summed E-state index contributed by atoms with van der Waals surface area (Å²) in [5.74, 6) is 0.248. The molecule has 114 valence electrons. The van der Waals surface area contributed by atoms with Crippen molar-refractivity contribution >= 4 is 37.3 Å². The van der Waals surface area contributed by atoms with Gasteiger partial charge in [-0.2, -0.15) is 0 Å². The maximum Gasteiger partial charge on any atom is 0.244 e. The Hall–Kier alpha value is 0.01000. The van der Waals surface area contributed by atoms with Crippen LogP contribution in [0.15, 0.2) is 14.7 Å². The Morgan fingerprint density at radius 1 is 1.60 bits per heavy atom. The lowest BCUT2D eigenvalue weighted by Crippen LogP contribution is -2.35. The minimum absolute atomic E-state index is 0.154. The van der Waals surface area contributed by atoms with Crippen molar-refractivity contribution in [3.63, 3.8) is 0 Å². The van der Waals surface area contributed by atoms with Gasteiger partial charge in [-0.3, -0.25) is 0 Å². The second kappa shape index (κ2) is 6.85. The fourth-order valence-corrected chi connectivity index (χ4v) is 5.97. The average molecular weight is 384 g/mol. The van der Waals surface area contributed by atoms with E-state index in [0.717, 1.165) is 19.4 Å². The van der Waals surface area contributed by atoms with Crippen LogP contribution in [0.3, 0.4) is 0 Å². The number of ether oxygens (including phenoxy) is 1. The number of aliphatic hydroxyl groups excluding tert-OH is 1. The Morgan fingerprint density at radius 2 is 2.35 bits per heavy atom. The number of nitrogens with zero attached hydrogens (tertiary/aromatic N) is 1. The lowest BCUT2D eigenvalue weighted by Gasteiger charge is -2.26. The van der Waals surface area contributed by atoms with Gasteiger partial charge in [-0.15, -0.1) is 11.3 Å². The Kier molecular flexibility index (Phi) is 5.61. The number of halogens is 1. The quantitative estimate of drug-likeness (QED) is 0.844. The van der Waals surface area contributed by atoms with Crippen LogP contribution in [0.25, 0.3) is 0 Å². The van der Waals surface area contributed by atoms with Gasteiger partial charge in [0.15, 0.2) is 0 Å². The smallest absolute Gasteiger partial charge is 0.244 e. The zero-order valence-corrected chi connectivity index (χ0v) is 14.4. The first kappa shape index (κ1) is 16.4. The molecular weight excluding hydrogens is 366 g/mol. The summed E-state index contributed by atoms with van der Waals surface area (Å²) in [5.41, 5.74) is 0. The second-order valence-electron chi connectivity index (χ2n) is 4.88. The summed E-state index contributed by atoms with van der Waals surface area (Å²) < 4.78 is 32.4. The zero-order valence-electron chi connectivity index (χ0n) is 11.2. The highest BCUT2D eigenvalue weighted by Gasteiger charge is 2.28.